The molecule has 0 atom stereocenters. The van der Waals surface area contributed by atoms with Gasteiger partial charge >= 0.3 is 0 Å². The molecule has 6 heteroatoms. The average molecular weight is 343 g/mol. The number of aromatic nitrogens is 2. The molecule has 3 aliphatic heterocycles. The maximum atomic E-state index is 12.9. The van der Waals surface area contributed by atoms with Gasteiger partial charge in [0.1, 0.15) is 17.8 Å². The van der Waals surface area contributed by atoms with E-state index in [1.165, 1.54) is 38.6 Å². The highest BCUT2D eigenvalue weighted by atomic mass is 16.2. The number of piperidine rings is 2. The molecule has 3 saturated heterocycles. The van der Waals surface area contributed by atoms with Crippen LogP contribution >= 0.6 is 0 Å². The zero-order valence-electron chi connectivity index (χ0n) is 15.3. The van der Waals surface area contributed by atoms with Crippen LogP contribution in [-0.2, 0) is 0 Å². The number of carbonyl (C=O) groups is 1. The Bertz CT molecular complexity index is 620. The smallest absolute Gasteiger partial charge is 0.272 e. The summed E-state index contributed by atoms with van der Waals surface area (Å²) in [5.74, 6) is 0.971. The molecule has 0 radical (unpaired) electrons. The van der Waals surface area contributed by atoms with Gasteiger partial charge in [-0.25, -0.2) is 9.97 Å². The molecule has 3 aliphatic rings. The summed E-state index contributed by atoms with van der Waals surface area (Å²) < 4.78 is 0. The zero-order valence-corrected chi connectivity index (χ0v) is 15.3. The van der Waals surface area contributed by atoms with Gasteiger partial charge in [0.05, 0.1) is 0 Å². The molecule has 1 aromatic heterocycles. The topological polar surface area (TPSA) is 52.6 Å². The monoisotopic (exact) mass is 343 g/mol. The van der Waals surface area contributed by atoms with Crippen molar-refractivity contribution >= 4 is 11.7 Å². The largest absolute Gasteiger partial charge is 0.357 e. The molecular formula is C19H29N5O. The predicted octanol–water partition coefficient (Wildman–Crippen LogP) is 2.17. The van der Waals surface area contributed by atoms with Crippen LogP contribution in [0.3, 0.4) is 0 Å². The molecule has 1 aromatic rings. The summed E-state index contributed by atoms with van der Waals surface area (Å²) in [7, 11) is 2.24. The van der Waals surface area contributed by atoms with E-state index in [9.17, 15) is 4.79 Å². The number of rotatable bonds is 2. The van der Waals surface area contributed by atoms with Gasteiger partial charge in [-0.05, 0) is 58.5 Å². The third-order valence-corrected chi connectivity index (χ3v) is 6.48. The SMILES string of the molecule is CN1CCCC12CCN(C(=O)c1cc(N3CCCCC3)ncn1)CC2. The van der Waals surface area contributed by atoms with Gasteiger partial charge in [-0.2, -0.15) is 0 Å². The molecule has 6 nitrogen and oxygen atoms in total. The summed E-state index contributed by atoms with van der Waals surface area (Å²) >= 11 is 0. The summed E-state index contributed by atoms with van der Waals surface area (Å²) in [5.41, 5.74) is 0.882. The zero-order chi connectivity index (χ0) is 17.3. The van der Waals surface area contributed by atoms with E-state index >= 15 is 0 Å². The van der Waals surface area contributed by atoms with Crippen molar-refractivity contribution in [2.45, 2.75) is 50.5 Å². The van der Waals surface area contributed by atoms with Crippen LogP contribution in [-0.4, -0.2) is 71.0 Å². The van der Waals surface area contributed by atoms with E-state index in [0.717, 1.165) is 44.8 Å². The van der Waals surface area contributed by atoms with Gasteiger partial charge in [0, 0.05) is 37.8 Å². The lowest BCUT2D eigenvalue weighted by molar-refractivity contribution is 0.0487. The summed E-state index contributed by atoms with van der Waals surface area (Å²) in [4.78, 5) is 28.4. The summed E-state index contributed by atoms with van der Waals surface area (Å²) in [6.07, 6.45) is 9.97. The van der Waals surface area contributed by atoms with E-state index in [1.807, 2.05) is 11.0 Å². The van der Waals surface area contributed by atoms with Crippen molar-refractivity contribution in [2.24, 2.45) is 0 Å². The average Bonchev–Trinajstić information content (AvgIpc) is 3.02. The molecule has 4 heterocycles. The number of hydrogen-bond acceptors (Lipinski definition) is 5. The lowest BCUT2D eigenvalue weighted by atomic mass is 9.85. The van der Waals surface area contributed by atoms with Gasteiger partial charge in [0.25, 0.3) is 5.91 Å². The van der Waals surface area contributed by atoms with Crippen LogP contribution in [0.15, 0.2) is 12.4 Å². The lowest BCUT2D eigenvalue weighted by Crippen LogP contribution is -2.52. The fourth-order valence-corrected chi connectivity index (χ4v) is 4.75. The summed E-state index contributed by atoms with van der Waals surface area (Å²) in [5, 5.41) is 0. The maximum absolute atomic E-state index is 12.9. The van der Waals surface area contributed by atoms with Crippen LogP contribution in [0.2, 0.25) is 0 Å². The van der Waals surface area contributed by atoms with E-state index < -0.39 is 0 Å². The van der Waals surface area contributed by atoms with Crippen LogP contribution < -0.4 is 4.90 Å². The molecule has 0 bridgehead atoms. The van der Waals surface area contributed by atoms with Crippen LogP contribution in [0, 0.1) is 0 Å². The fraction of sp³-hybridized carbons (Fsp3) is 0.737. The molecule has 136 valence electrons. The van der Waals surface area contributed by atoms with Crippen LogP contribution in [0.25, 0.3) is 0 Å². The summed E-state index contributed by atoms with van der Waals surface area (Å²) in [6, 6.07) is 1.89. The van der Waals surface area contributed by atoms with Crippen LogP contribution in [0.4, 0.5) is 5.82 Å². The van der Waals surface area contributed by atoms with Crippen LogP contribution in [0.5, 0.6) is 0 Å². The fourth-order valence-electron chi connectivity index (χ4n) is 4.75. The molecule has 0 aromatic carbocycles. The Morgan fingerprint density at radius 3 is 2.40 bits per heavy atom. The van der Waals surface area contributed by atoms with Crippen molar-refractivity contribution in [3.63, 3.8) is 0 Å². The quantitative estimate of drug-likeness (QED) is 0.824. The Balaban J connectivity index is 1.43. The number of nitrogens with zero attached hydrogens (tertiary/aromatic N) is 5. The Hall–Kier alpha value is -1.69. The molecule has 0 unspecified atom stereocenters. The number of likely N-dealkylation sites (tertiary alicyclic amines) is 2. The summed E-state index contributed by atoms with van der Waals surface area (Å²) in [6.45, 7) is 4.93. The second-order valence-corrected chi connectivity index (χ2v) is 7.85. The van der Waals surface area contributed by atoms with Gasteiger partial charge in [0.2, 0.25) is 0 Å². The Morgan fingerprint density at radius 1 is 0.960 bits per heavy atom. The van der Waals surface area contributed by atoms with Crippen molar-refractivity contribution < 1.29 is 4.79 Å². The minimum atomic E-state index is 0.0659. The minimum absolute atomic E-state index is 0.0659. The van der Waals surface area contributed by atoms with E-state index in [4.69, 9.17) is 0 Å². The van der Waals surface area contributed by atoms with Crippen molar-refractivity contribution in [2.75, 3.05) is 44.7 Å². The molecule has 3 fully saturated rings. The van der Waals surface area contributed by atoms with Crippen molar-refractivity contribution in [3.8, 4) is 0 Å². The first-order valence-electron chi connectivity index (χ1n) is 9.75. The number of carbonyl (C=O) groups excluding carboxylic acids is 1. The van der Waals surface area contributed by atoms with E-state index in [1.54, 1.807) is 6.33 Å². The first kappa shape index (κ1) is 16.8. The second-order valence-electron chi connectivity index (χ2n) is 7.85. The molecule has 0 N–H and O–H groups in total. The van der Waals surface area contributed by atoms with Gasteiger partial charge in [-0.1, -0.05) is 0 Å². The molecule has 1 spiro atoms. The molecular weight excluding hydrogens is 314 g/mol. The molecule has 4 rings (SSSR count). The number of amides is 1. The van der Waals surface area contributed by atoms with E-state index in [2.05, 4.69) is 26.8 Å². The maximum Gasteiger partial charge on any atom is 0.272 e. The lowest BCUT2D eigenvalue weighted by Gasteiger charge is -2.43. The molecule has 25 heavy (non-hydrogen) atoms. The number of anilines is 1. The first-order valence-corrected chi connectivity index (χ1v) is 9.75. The highest BCUT2D eigenvalue weighted by Crippen LogP contribution is 2.37. The number of hydrogen-bond donors (Lipinski definition) is 0. The first-order chi connectivity index (χ1) is 12.2. The standard InChI is InChI=1S/C19H29N5O/c1-22-9-5-6-19(22)7-12-24(13-8-19)18(25)16-14-17(21-15-20-16)23-10-3-2-4-11-23/h14-15H,2-13H2,1H3. The van der Waals surface area contributed by atoms with Gasteiger partial charge < -0.3 is 14.7 Å². The Kier molecular flexibility index (Phi) is 4.63. The van der Waals surface area contributed by atoms with E-state index in [0.29, 0.717) is 11.2 Å². The van der Waals surface area contributed by atoms with Gasteiger partial charge in [0.15, 0.2) is 0 Å². The Labute approximate surface area is 150 Å². The normalized spacial score (nSPS) is 24.0. The van der Waals surface area contributed by atoms with Crippen molar-refractivity contribution in [1.82, 2.24) is 19.8 Å². The third-order valence-electron chi connectivity index (χ3n) is 6.48. The molecule has 0 aliphatic carbocycles. The highest BCUT2D eigenvalue weighted by Gasteiger charge is 2.42. The Morgan fingerprint density at radius 2 is 1.72 bits per heavy atom. The van der Waals surface area contributed by atoms with E-state index in [-0.39, 0.29) is 5.91 Å². The minimum Gasteiger partial charge on any atom is -0.357 e. The predicted molar refractivity (Wildman–Crippen MR) is 97.8 cm³/mol. The molecule has 0 saturated carbocycles. The van der Waals surface area contributed by atoms with Gasteiger partial charge in [-0.15, -0.1) is 0 Å². The third kappa shape index (κ3) is 3.24. The van der Waals surface area contributed by atoms with Gasteiger partial charge in [-0.3, -0.25) is 4.79 Å². The highest BCUT2D eigenvalue weighted by molar-refractivity contribution is 5.93. The second kappa shape index (κ2) is 6.90. The molecule has 1 amide bonds. The van der Waals surface area contributed by atoms with Crippen molar-refractivity contribution in [1.29, 1.82) is 0 Å². The van der Waals surface area contributed by atoms with Crippen molar-refractivity contribution in [3.05, 3.63) is 18.1 Å². The van der Waals surface area contributed by atoms with Crippen LogP contribution in [0.1, 0.15) is 55.4 Å².